The van der Waals surface area contributed by atoms with Crippen LogP contribution < -0.4 is 9.47 Å². The van der Waals surface area contributed by atoms with Crippen molar-refractivity contribution in [3.05, 3.63) is 34.6 Å². The molecule has 0 aliphatic carbocycles. The van der Waals surface area contributed by atoms with E-state index in [-0.39, 0.29) is 11.8 Å². The predicted octanol–water partition coefficient (Wildman–Crippen LogP) is 2.38. The van der Waals surface area contributed by atoms with Gasteiger partial charge in [0.1, 0.15) is 5.76 Å². The Morgan fingerprint density at radius 3 is 2.67 bits per heavy atom. The smallest absolute Gasteiger partial charge is 0.337 e. The van der Waals surface area contributed by atoms with Gasteiger partial charge < -0.3 is 19.3 Å². The molecule has 0 fully saturated rings. The van der Waals surface area contributed by atoms with Gasteiger partial charge in [-0.1, -0.05) is 0 Å². The average molecular weight is 333 g/mol. The number of carbonyl (C=O) groups excluding carboxylic acids is 1. The highest BCUT2D eigenvalue weighted by atomic mass is 16.5. The first-order valence-electron chi connectivity index (χ1n) is 8.16. The number of esters is 1. The van der Waals surface area contributed by atoms with Crippen molar-refractivity contribution in [2.75, 3.05) is 33.9 Å². The van der Waals surface area contributed by atoms with Gasteiger partial charge in [0.2, 0.25) is 0 Å². The van der Waals surface area contributed by atoms with E-state index in [0.29, 0.717) is 36.6 Å². The Hall–Kier alpha value is -2.21. The maximum absolute atomic E-state index is 12.1. The minimum atomic E-state index is -0.428. The molecule has 6 nitrogen and oxygen atoms in total. The van der Waals surface area contributed by atoms with Crippen molar-refractivity contribution < 1.29 is 24.1 Å². The second-order valence-corrected chi connectivity index (χ2v) is 5.99. The highest BCUT2D eigenvalue weighted by Gasteiger charge is 2.36. The molecule has 0 radical (unpaired) electrons. The first kappa shape index (κ1) is 16.6. The molecule has 0 saturated heterocycles. The summed E-state index contributed by atoms with van der Waals surface area (Å²) in [5, 5.41) is 10.2. The zero-order valence-corrected chi connectivity index (χ0v) is 14.3. The normalized spacial score (nSPS) is 20.2. The van der Waals surface area contributed by atoms with E-state index in [1.807, 2.05) is 12.1 Å². The predicted molar refractivity (Wildman–Crippen MR) is 88.5 cm³/mol. The molecule has 1 aromatic rings. The lowest BCUT2D eigenvalue weighted by molar-refractivity contribution is -0.139. The van der Waals surface area contributed by atoms with Crippen LogP contribution in [0.1, 0.15) is 30.5 Å². The van der Waals surface area contributed by atoms with E-state index in [9.17, 15) is 9.90 Å². The van der Waals surface area contributed by atoms with Gasteiger partial charge in [-0.15, -0.1) is 0 Å². The van der Waals surface area contributed by atoms with Crippen molar-refractivity contribution >= 4 is 5.97 Å². The molecule has 2 aliphatic heterocycles. The van der Waals surface area contributed by atoms with Gasteiger partial charge >= 0.3 is 5.97 Å². The van der Waals surface area contributed by atoms with Crippen LogP contribution in [0.5, 0.6) is 11.5 Å². The molecule has 2 heterocycles. The molecule has 6 heteroatoms. The molecule has 24 heavy (non-hydrogen) atoms. The van der Waals surface area contributed by atoms with Crippen molar-refractivity contribution in [3.8, 4) is 11.5 Å². The quantitative estimate of drug-likeness (QED) is 0.853. The molecule has 0 aromatic heterocycles. The van der Waals surface area contributed by atoms with Gasteiger partial charge in [0.05, 0.1) is 32.9 Å². The molecular weight excluding hydrogens is 310 g/mol. The Kier molecular flexibility index (Phi) is 4.66. The summed E-state index contributed by atoms with van der Waals surface area (Å²) in [6.07, 6.45) is 1.31. The Labute approximate surface area is 141 Å². The third kappa shape index (κ3) is 2.82. The lowest BCUT2D eigenvalue weighted by Crippen LogP contribution is -2.41. The molecular formula is C18H23NO5. The van der Waals surface area contributed by atoms with Crippen LogP contribution in [0.15, 0.2) is 23.5 Å². The third-order valence-electron chi connectivity index (χ3n) is 4.73. The van der Waals surface area contributed by atoms with E-state index >= 15 is 0 Å². The van der Waals surface area contributed by atoms with Gasteiger partial charge in [-0.05, 0) is 36.6 Å². The highest BCUT2D eigenvalue weighted by Crippen LogP contribution is 2.42. The van der Waals surface area contributed by atoms with Crippen molar-refractivity contribution in [1.82, 2.24) is 4.90 Å². The molecule has 0 saturated carbocycles. The largest absolute Gasteiger partial charge is 0.510 e. The van der Waals surface area contributed by atoms with E-state index in [0.717, 1.165) is 18.5 Å². The van der Waals surface area contributed by atoms with Gasteiger partial charge in [0.25, 0.3) is 0 Å². The minimum Gasteiger partial charge on any atom is -0.510 e. The number of fused-ring (bicyclic) bond motifs is 3. The summed E-state index contributed by atoms with van der Waals surface area (Å²) < 4.78 is 15.9. The molecule has 0 bridgehead atoms. The average Bonchev–Trinajstić information content (AvgIpc) is 2.59. The fourth-order valence-electron chi connectivity index (χ4n) is 3.53. The van der Waals surface area contributed by atoms with Gasteiger partial charge in [0.15, 0.2) is 11.5 Å². The summed E-state index contributed by atoms with van der Waals surface area (Å²) in [6, 6.07) is 4.02. The number of aliphatic hydroxyl groups is 1. The summed E-state index contributed by atoms with van der Waals surface area (Å²) in [6.45, 7) is 3.25. The molecule has 3 rings (SSSR count). The molecule has 0 unspecified atom stereocenters. The summed E-state index contributed by atoms with van der Waals surface area (Å²) in [7, 11) is 3.24. The van der Waals surface area contributed by atoms with Crippen molar-refractivity contribution in [2.24, 2.45) is 0 Å². The molecule has 130 valence electrons. The Balaban J connectivity index is 1.97. The van der Waals surface area contributed by atoms with Gasteiger partial charge in [-0.2, -0.15) is 0 Å². The number of rotatable bonds is 4. The van der Waals surface area contributed by atoms with Crippen LogP contribution in [0.3, 0.4) is 0 Å². The highest BCUT2D eigenvalue weighted by molar-refractivity contribution is 5.89. The SMILES string of the molecule is CCOC(=O)C1=C(O)CN2CCc3cc(OC)c(OC)cc3[C@@H]2C1. The van der Waals surface area contributed by atoms with E-state index in [4.69, 9.17) is 14.2 Å². The second-order valence-electron chi connectivity index (χ2n) is 5.99. The van der Waals surface area contributed by atoms with Crippen molar-refractivity contribution in [1.29, 1.82) is 0 Å². The van der Waals surface area contributed by atoms with E-state index < -0.39 is 5.97 Å². The number of nitrogens with zero attached hydrogens (tertiary/aromatic N) is 1. The maximum Gasteiger partial charge on any atom is 0.337 e. The Morgan fingerprint density at radius 1 is 1.29 bits per heavy atom. The van der Waals surface area contributed by atoms with Crippen LogP contribution in [0.4, 0.5) is 0 Å². The molecule has 1 aromatic carbocycles. The zero-order valence-electron chi connectivity index (χ0n) is 14.3. The topological polar surface area (TPSA) is 68.2 Å². The summed E-state index contributed by atoms with van der Waals surface area (Å²) >= 11 is 0. The van der Waals surface area contributed by atoms with E-state index in [2.05, 4.69) is 4.90 Å². The summed E-state index contributed by atoms with van der Waals surface area (Å²) in [5.41, 5.74) is 2.69. The standard InChI is InChI=1S/C18H23NO5/c1-4-24-18(21)13-8-14-12-9-17(23-3)16(22-2)7-11(12)5-6-19(14)10-15(13)20/h7,9,14,20H,4-6,8,10H2,1-3H3/t14-/m0/s1. The first-order chi connectivity index (χ1) is 11.6. The molecule has 2 aliphatic rings. The molecule has 1 N–H and O–H groups in total. The molecule has 0 spiro atoms. The first-order valence-corrected chi connectivity index (χ1v) is 8.16. The van der Waals surface area contributed by atoms with Gasteiger partial charge in [0, 0.05) is 19.0 Å². The van der Waals surface area contributed by atoms with Crippen LogP contribution in [0.25, 0.3) is 0 Å². The third-order valence-corrected chi connectivity index (χ3v) is 4.73. The summed E-state index contributed by atoms with van der Waals surface area (Å²) in [5.74, 6) is 1.08. The van der Waals surface area contributed by atoms with Crippen LogP contribution in [0.2, 0.25) is 0 Å². The van der Waals surface area contributed by atoms with Crippen molar-refractivity contribution in [2.45, 2.75) is 25.8 Å². The number of aliphatic hydroxyl groups excluding tert-OH is 1. The maximum atomic E-state index is 12.1. The van der Waals surface area contributed by atoms with Crippen molar-refractivity contribution in [3.63, 3.8) is 0 Å². The summed E-state index contributed by atoms with van der Waals surface area (Å²) in [4.78, 5) is 14.3. The number of carbonyl (C=O) groups is 1. The fraction of sp³-hybridized carbons (Fsp3) is 0.500. The monoisotopic (exact) mass is 333 g/mol. The lowest BCUT2D eigenvalue weighted by atomic mass is 9.85. The minimum absolute atomic E-state index is 0.0314. The van der Waals surface area contributed by atoms with E-state index in [1.54, 1.807) is 21.1 Å². The van der Waals surface area contributed by atoms with Crippen LogP contribution >= 0.6 is 0 Å². The number of benzene rings is 1. The van der Waals surface area contributed by atoms with Crippen LogP contribution in [-0.4, -0.2) is 49.9 Å². The van der Waals surface area contributed by atoms with Gasteiger partial charge in [-0.25, -0.2) is 4.79 Å². The van der Waals surface area contributed by atoms with E-state index in [1.165, 1.54) is 5.56 Å². The number of ether oxygens (including phenoxy) is 3. The Morgan fingerprint density at radius 2 is 2.00 bits per heavy atom. The fourth-order valence-corrected chi connectivity index (χ4v) is 3.53. The lowest BCUT2D eigenvalue weighted by Gasteiger charge is -2.40. The van der Waals surface area contributed by atoms with Crippen LogP contribution in [-0.2, 0) is 16.0 Å². The second kappa shape index (κ2) is 6.73. The molecule has 1 atom stereocenters. The Bertz CT molecular complexity index is 682. The van der Waals surface area contributed by atoms with Gasteiger partial charge in [-0.3, -0.25) is 4.90 Å². The number of hydrogen-bond acceptors (Lipinski definition) is 6. The number of methoxy groups -OCH3 is 2. The molecule has 0 amide bonds. The van der Waals surface area contributed by atoms with Crippen LogP contribution in [0, 0.1) is 0 Å². The zero-order chi connectivity index (χ0) is 17.3. The number of hydrogen-bond donors (Lipinski definition) is 1.